The molecule has 0 aromatic heterocycles. The van der Waals surface area contributed by atoms with Crippen LogP contribution in [0.5, 0.6) is 5.75 Å². The van der Waals surface area contributed by atoms with Crippen LogP contribution in [0.25, 0.3) is 0 Å². The van der Waals surface area contributed by atoms with Crippen LogP contribution >= 0.6 is 0 Å². The van der Waals surface area contributed by atoms with Crippen LogP contribution in [0.4, 0.5) is 0 Å². The maximum Gasteiger partial charge on any atom is 0.120 e. The Morgan fingerprint density at radius 3 is 2.40 bits per heavy atom. The van der Waals surface area contributed by atoms with E-state index in [9.17, 15) is 0 Å². The molecule has 0 radical (unpaired) electrons. The van der Waals surface area contributed by atoms with Gasteiger partial charge in [0.25, 0.3) is 0 Å². The maximum absolute atomic E-state index is 6.04. The van der Waals surface area contributed by atoms with Crippen LogP contribution in [-0.4, -0.2) is 30.1 Å². The molecule has 1 rings (SSSR count). The molecule has 20 heavy (non-hydrogen) atoms. The van der Waals surface area contributed by atoms with Gasteiger partial charge in [0.15, 0.2) is 0 Å². The summed E-state index contributed by atoms with van der Waals surface area (Å²) < 4.78 is 5.79. The van der Waals surface area contributed by atoms with E-state index in [1.54, 1.807) is 0 Å². The Bertz CT molecular complexity index is 390. The summed E-state index contributed by atoms with van der Waals surface area (Å²) in [7, 11) is 0. The lowest BCUT2D eigenvalue weighted by atomic mass is 10.0. The number of hydrogen-bond donors (Lipinski definition) is 1. The lowest BCUT2D eigenvalue weighted by Gasteiger charge is -2.34. The summed E-state index contributed by atoms with van der Waals surface area (Å²) in [6, 6.07) is 9.08. The summed E-state index contributed by atoms with van der Waals surface area (Å²) in [6.45, 7) is 12.5. The van der Waals surface area contributed by atoms with Gasteiger partial charge in [-0.3, -0.25) is 4.90 Å². The molecule has 0 amide bonds. The van der Waals surface area contributed by atoms with Gasteiger partial charge in [0.2, 0.25) is 0 Å². The SMILES string of the molecule is CCCN(C(C)C)C(CN)c1cccc(OC(C)C)c1. The van der Waals surface area contributed by atoms with Crippen molar-refractivity contribution < 1.29 is 4.74 Å². The topological polar surface area (TPSA) is 38.5 Å². The van der Waals surface area contributed by atoms with Gasteiger partial charge in [-0.2, -0.15) is 0 Å². The molecule has 0 spiro atoms. The smallest absolute Gasteiger partial charge is 0.120 e. The number of hydrogen-bond acceptors (Lipinski definition) is 3. The Balaban J connectivity index is 2.98. The Kier molecular flexibility index (Phi) is 7.03. The summed E-state index contributed by atoms with van der Waals surface area (Å²) >= 11 is 0. The molecular formula is C17H30N2O. The van der Waals surface area contributed by atoms with Crippen LogP contribution in [0.2, 0.25) is 0 Å². The third-order valence-electron chi connectivity index (χ3n) is 3.38. The van der Waals surface area contributed by atoms with Gasteiger partial charge in [-0.15, -0.1) is 0 Å². The van der Waals surface area contributed by atoms with E-state index in [2.05, 4.69) is 43.9 Å². The first-order chi connectivity index (χ1) is 9.49. The van der Waals surface area contributed by atoms with E-state index in [4.69, 9.17) is 10.5 Å². The van der Waals surface area contributed by atoms with Crippen molar-refractivity contribution in [2.45, 2.75) is 59.2 Å². The van der Waals surface area contributed by atoms with Crippen molar-refractivity contribution in [3.05, 3.63) is 29.8 Å². The fourth-order valence-electron chi connectivity index (χ4n) is 2.56. The van der Waals surface area contributed by atoms with Gasteiger partial charge in [-0.25, -0.2) is 0 Å². The van der Waals surface area contributed by atoms with Crippen molar-refractivity contribution in [1.82, 2.24) is 4.90 Å². The molecule has 2 N–H and O–H groups in total. The number of rotatable bonds is 8. The van der Waals surface area contributed by atoms with E-state index >= 15 is 0 Å². The predicted molar refractivity (Wildman–Crippen MR) is 86.1 cm³/mol. The van der Waals surface area contributed by atoms with Crippen LogP contribution in [0.3, 0.4) is 0 Å². The molecule has 0 fully saturated rings. The fraction of sp³-hybridized carbons (Fsp3) is 0.647. The highest BCUT2D eigenvalue weighted by atomic mass is 16.5. The second kappa shape index (κ2) is 8.28. The first-order valence-electron chi connectivity index (χ1n) is 7.72. The van der Waals surface area contributed by atoms with Gasteiger partial charge in [0.1, 0.15) is 5.75 Å². The summed E-state index contributed by atoms with van der Waals surface area (Å²) in [4.78, 5) is 2.47. The van der Waals surface area contributed by atoms with Crippen molar-refractivity contribution in [3.8, 4) is 5.75 Å². The van der Waals surface area contributed by atoms with Gasteiger partial charge >= 0.3 is 0 Å². The summed E-state index contributed by atoms with van der Waals surface area (Å²) in [5.41, 5.74) is 7.29. The largest absolute Gasteiger partial charge is 0.491 e. The zero-order valence-electron chi connectivity index (χ0n) is 13.6. The van der Waals surface area contributed by atoms with Crippen molar-refractivity contribution in [2.75, 3.05) is 13.1 Å². The van der Waals surface area contributed by atoms with E-state index in [-0.39, 0.29) is 12.1 Å². The highest BCUT2D eigenvalue weighted by Crippen LogP contribution is 2.26. The number of nitrogens with zero attached hydrogens (tertiary/aromatic N) is 1. The quantitative estimate of drug-likeness (QED) is 0.789. The summed E-state index contributed by atoms with van der Waals surface area (Å²) in [5, 5.41) is 0. The molecular weight excluding hydrogens is 248 g/mol. The fourth-order valence-corrected chi connectivity index (χ4v) is 2.56. The molecule has 0 saturated carbocycles. The molecule has 0 aliphatic heterocycles. The number of nitrogens with two attached hydrogens (primary N) is 1. The molecule has 3 heteroatoms. The Morgan fingerprint density at radius 2 is 1.90 bits per heavy atom. The summed E-state index contributed by atoms with van der Waals surface area (Å²) in [5.74, 6) is 0.927. The maximum atomic E-state index is 6.04. The minimum atomic E-state index is 0.193. The van der Waals surface area contributed by atoms with E-state index in [0.717, 1.165) is 18.7 Å². The van der Waals surface area contributed by atoms with Crippen LogP contribution in [-0.2, 0) is 0 Å². The predicted octanol–water partition coefficient (Wildman–Crippen LogP) is 3.59. The normalized spacial score (nSPS) is 13.2. The van der Waals surface area contributed by atoms with Crippen molar-refractivity contribution >= 4 is 0 Å². The van der Waals surface area contributed by atoms with E-state index in [0.29, 0.717) is 12.6 Å². The number of ether oxygens (including phenoxy) is 1. The molecule has 1 aromatic carbocycles. The molecule has 0 aliphatic rings. The lowest BCUT2D eigenvalue weighted by Crippen LogP contribution is -2.39. The van der Waals surface area contributed by atoms with Gasteiger partial charge in [-0.1, -0.05) is 19.1 Å². The first kappa shape index (κ1) is 17.0. The van der Waals surface area contributed by atoms with Crippen LogP contribution in [0, 0.1) is 0 Å². The van der Waals surface area contributed by atoms with Gasteiger partial charge in [0, 0.05) is 18.6 Å². The van der Waals surface area contributed by atoms with Gasteiger partial charge in [-0.05, 0) is 58.4 Å². The Hall–Kier alpha value is -1.06. The minimum absolute atomic E-state index is 0.193. The molecule has 114 valence electrons. The van der Waals surface area contributed by atoms with Crippen molar-refractivity contribution in [2.24, 2.45) is 5.73 Å². The molecule has 0 heterocycles. The van der Waals surface area contributed by atoms with Crippen LogP contribution in [0.1, 0.15) is 52.6 Å². The summed E-state index contributed by atoms with van der Waals surface area (Å²) in [6.07, 6.45) is 1.33. The Labute approximate surface area is 124 Å². The van der Waals surface area contributed by atoms with Crippen molar-refractivity contribution in [1.29, 1.82) is 0 Å². The van der Waals surface area contributed by atoms with E-state index in [1.165, 1.54) is 5.56 Å². The third kappa shape index (κ3) is 4.80. The highest BCUT2D eigenvalue weighted by molar-refractivity contribution is 5.31. The zero-order valence-corrected chi connectivity index (χ0v) is 13.6. The average Bonchev–Trinajstić information content (AvgIpc) is 2.38. The Morgan fingerprint density at radius 1 is 1.20 bits per heavy atom. The number of benzene rings is 1. The second-order valence-electron chi connectivity index (χ2n) is 5.82. The average molecular weight is 278 g/mol. The second-order valence-corrected chi connectivity index (χ2v) is 5.82. The van der Waals surface area contributed by atoms with Crippen molar-refractivity contribution in [3.63, 3.8) is 0 Å². The molecule has 0 bridgehead atoms. The monoisotopic (exact) mass is 278 g/mol. The van der Waals surface area contributed by atoms with Crippen LogP contribution in [0.15, 0.2) is 24.3 Å². The molecule has 1 unspecified atom stereocenters. The molecule has 1 aromatic rings. The lowest BCUT2D eigenvalue weighted by molar-refractivity contribution is 0.157. The highest BCUT2D eigenvalue weighted by Gasteiger charge is 2.21. The standard InChI is InChI=1S/C17H30N2O/c1-6-10-19(13(2)3)17(12-18)15-8-7-9-16(11-15)20-14(4)5/h7-9,11,13-14,17H,6,10,12,18H2,1-5H3. The molecule has 0 saturated heterocycles. The van der Waals surface area contributed by atoms with Crippen LogP contribution < -0.4 is 10.5 Å². The van der Waals surface area contributed by atoms with E-state index < -0.39 is 0 Å². The third-order valence-corrected chi connectivity index (χ3v) is 3.38. The first-order valence-corrected chi connectivity index (χ1v) is 7.72. The van der Waals surface area contributed by atoms with Gasteiger partial charge < -0.3 is 10.5 Å². The minimum Gasteiger partial charge on any atom is -0.491 e. The van der Waals surface area contributed by atoms with Gasteiger partial charge in [0.05, 0.1) is 6.10 Å². The molecule has 0 aliphatic carbocycles. The van der Waals surface area contributed by atoms with E-state index in [1.807, 2.05) is 19.9 Å². The molecule has 3 nitrogen and oxygen atoms in total. The zero-order chi connectivity index (χ0) is 15.1. The molecule has 1 atom stereocenters.